The highest BCUT2D eigenvalue weighted by atomic mass is 15.1. The predicted molar refractivity (Wildman–Crippen MR) is 61.2 cm³/mol. The molecule has 1 saturated heterocycles. The third-order valence-corrected chi connectivity index (χ3v) is 3.00. The molecule has 0 radical (unpaired) electrons. The van der Waals surface area contributed by atoms with Crippen molar-refractivity contribution in [1.82, 2.24) is 10.2 Å². The van der Waals surface area contributed by atoms with Crippen LogP contribution in [-0.2, 0) is 0 Å². The molecule has 0 bridgehead atoms. The third-order valence-electron chi connectivity index (χ3n) is 3.00. The third kappa shape index (κ3) is 4.13. The van der Waals surface area contributed by atoms with Crippen molar-refractivity contribution in [1.29, 1.82) is 0 Å². The molecule has 1 aliphatic rings. The highest BCUT2D eigenvalue weighted by molar-refractivity contribution is 4.84. The molecule has 80 valence electrons. The van der Waals surface area contributed by atoms with E-state index in [1.165, 1.54) is 32.4 Å². The smallest absolute Gasteiger partial charge is 0.0105 e. The minimum Gasteiger partial charge on any atom is -0.317 e. The summed E-state index contributed by atoms with van der Waals surface area (Å²) in [7, 11) is 2.23. The van der Waals surface area contributed by atoms with Crippen molar-refractivity contribution >= 4 is 0 Å². The lowest BCUT2D eigenvalue weighted by Crippen LogP contribution is -2.33. The molecular weight excluding hydrogens is 172 g/mol. The number of nitrogens with zero attached hydrogens (tertiary/aromatic N) is 1. The van der Waals surface area contributed by atoms with E-state index in [1.54, 1.807) is 0 Å². The SMILES string of the molecule is C#CCCCN(C)C1CCCNCC1. The second-order valence-corrected chi connectivity index (χ2v) is 4.12. The average molecular weight is 194 g/mol. The summed E-state index contributed by atoms with van der Waals surface area (Å²) in [6, 6.07) is 0.766. The van der Waals surface area contributed by atoms with Crippen LogP contribution in [0.15, 0.2) is 0 Å². The molecule has 1 fully saturated rings. The van der Waals surface area contributed by atoms with Gasteiger partial charge in [0, 0.05) is 12.5 Å². The monoisotopic (exact) mass is 194 g/mol. The Morgan fingerprint density at radius 1 is 1.43 bits per heavy atom. The first-order valence-corrected chi connectivity index (χ1v) is 5.69. The summed E-state index contributed by atoms with van der Waals surface area (Å²) < 4.78 is 0. The van der Waals surface area contributed by atoms with Crippen molar-refractivity contribution in [3.63, 3.8) is 0 Å². The van der Waals surface area contributed by atoms with Crippen LogP contribution >= 0.6 is 0 Å². The van der Waals surface area contributed by atoms with E-state index in [1.807, 2.05) is 0 Å². The molecule has 0 aliphatic carbocycles. The van der Waals surface area contributed by atoms with Crippen LogP contribution in [0.1, 0.15) is 32.1 Å². The molecule has 0 aromatic carbocycles. The quantitative estimate of drug-likeness (QED) is 0.538. The predicted octanol–water partition coefficient (Wildman–Crippen LogP) is 1.47. The Balaban J connectivity index is 2.20. The van der Waals surface area contributed by atoms with Crippen LogP contribution in [0.25, 0.3) is 0 Å². The van der Waals surface area contributed by atoms with Gasteiger partial charge in [0.15, 0.2) is 0 Å². The zero-order valence-electron chi connectivity index (χ0n) is 9.26. The van der Waals surface area contributed by atoms with Crippen LogP contribution in [0.2, 0.25) is 0 Å². The van der Waals surface area contributed by atoms with Crippen LogP contribution < -0.4 is 5.32 Å². The Bertz CT molecular complexity index is 175. The molecule has 0 aromatic heterocycles. The van der Waals surface area contributed by atoms with Crippen molar-refractivity contribution in [2.45, 2.75) is 38.1 Å². The first-order chi connectivity index (χ1) is 6.84. The van der Waals surface area contributed by atoms with E-state index < -0.39 is 0 Å². The lowest BCUT2D eigenvalue weighted by atomic mass is 10.1. The van der Waals surface area contributed by atoms with Gasteiger partial charge in [0.1, 0.15) is 0 Å². The zero-order chi connectivity index (χ0) is 10.2. The van der Waals surface area contributed by atoms with E-state index in [2.05, 4.69) is 23.2 Å². The second-order valence-electron chi connectivity index (χ2n) is 4.12. The Labute approximate surface area is 88.1 Å². The van der Waals surface area contributed by atoms with E-state index in [4.69, 9.17) is 6.42 Å². The van der Waals surface area contributed by atoms with E-state index in [9.17, 15) is 0 Å². The largest absolute Gasteiger partial charge is 0.317 e. The van der Waals surface area contributed by atoms with Gasteiger partial charge in [-0.2, -0.15) is 0 Å². The van der Waals surface area contributed by atoms with Crippen molar-refractivity contribution in [3.8, 4) is 12.3 Å². The fourth-order valence-electron chi connectivity index (χ4n) is 2.05. The maximum atomic E-state index is 5.24. The number of unbranched alkanes of at least 4 members (excludes halogenated alkanes) is 1. The minimum atomic E-state index is 0.766. The number of hydrogen-bond acceptors (Lipinski definition) is 2. The molecule has 1 atom stereocenters. The summed E-state index contributed by atoms with van der Waals surface area (Å²) in [4.78, 5) is 2.48. The molecule has 14 heavy (non-hydrogen) atoms. The second kappa shape index (κ2) is 6.86. The number of nitrogens with one attached hydrogen (secondary N) is 1. The highest BCUT2D eigenvalue weighted by Crippen LogP contribution is 2.12. The first-order valence-electron chi connectivity index (χ1n) is 5.69. The molecule has 1 rings (SSSR count). The Kier molecular flexibility index (Phi) is 5.66. The lowest BCUT2D eigenvalue weighted by molar-refractivity contribution is 0.223. The Morgan fingerprint density at radius 2 is 2.29 bits per heavy atom. The van der Waals surface area contributed by atoms with Crippen LogP contribution in [-0.4, -0.2) is 37.6 Å². The van der Waals surface area contributed by atoms with E-state index in [0.29, 0.717) is 0 Å². The lowest BCUT2D eigenvalue weighted by Gasteiger charge is -2.26. The topological polar surface area (TPSA) is 15.3 Å². The molecular formula is C12H22N2. The van der Waals surface area contributed by atoms with Gasteiger partial charge in [0.2, 0.25) is 0 Å². The van der Waals surface area contributed by atoms with Crippen LogP contribution in [0, 0.1) is 12.3 Å². The van der Waals surface area contributed by atoms with Crippen molar-refractivity contribution in [2.24, 2.45) is 0 Å². The van der Waals surface area contributed by atoms with E-state index in [0.717, 1.165) is 25.4 Å². The first kappa shape index (κ1) is 11.6. The van der Waals surface area contributed by atoms with Gasteiger partial charge in [-0.3, -0.25) is 0 Å². The molecule has 0 saturated carbocycles. The summed E-state index contributed by atoms with van der Waals surface area (Å²) >= 11 is 0. The normalized spacial score (nSPS) is 23.1. The van der Waals surface area contributed by atoms with Gasteiger partial charge in [-0.15, -0.1) is 12.3 Å². The van der Waals surface area contributed by atoms with Crippen molar-refractivity contribution in [2.75, 3.05) is 26.7 Å². The molecule has 2 nitrogen and oxygen atoms in total. The van der Waals surface area contributed by atoms with Gasteiger partial charge in [-0.05, 0) is 52.4 Å². The van der Waals surface area contributed by atoms with Crippen LogP contribution in [0.3, 0.4) is 0 Å². The Morgan fingerprint density at radius 3 is 3.07 bits per heavy atom. The standard InChI is InChI=1S/C12H22N2/c1-3-4-5-11-14(2)12-7-6-9-13-10-8-12/h1,12-13H,4-11H2,2H3. The van der Waals surface area contributed by atoms with Crippen LogP contribution in [0.4, 0.5) is 0 Å². The van der Waals surface area contributed by atoms with Gasteiger partial charge in [0.25, 0.3) is 0 Å². The fraction of sp³-hybridized carbons (Fsp3) is 0.833. The van der Waals surface area contributed by atoms with Gasteiger partial charge in [0.05, 0.1) is 0 Å². The number of rotatable bonds is 4. The molecule has 1 aliphatic heterocycles. The van der Waals surface area contributed by atoms with Gasteiger partial charge < -0.3 is 10.2 Å². The fourth-order valence-corrected chi connectivity index (χ4v) is 2.05. The average Bonchev–Trinajstić information content (AvgIpc) is 2.46. The van der Waals surface area contributed by atoms with E-state index in [-0.39, 0.29) is 0 Å². The maximum Gasteiger partial charge on any atom is 0.0105 e. The summed E-state index contributed by atoms with van der Waals surface area (Å²) in [6.45, 7) is 3.51. The molecule has 0 amide bonds. The summed E-state index contributed by atoms with van der Waals surface area (Å²) in [5, 5.41) is 3.44. The highest BCUT2D eigenvalue weighted by Gasteiger charge is 2.15. The molecule has 1 N–H and O–H groups in total. The zero-order valence-corrected chi connectivity index (χ0v) is 9.26. The van der Waals surface area contributed by atoms with Gasteiger partial charge in [-0.25, -0.2) is 0 Å². The van der Waals surface area contributed by atoms with Crippen LogP contribution in [0.5, 0.6) is 0 Å². The summed E-state index contributed by atoms with van der Waals surface area (Å²) in [6.07, 6.45) is 11.2. The summed E-state index contributed by atoms with van der Waals surface area (Å²) in [5.74, 6) is 2.70. The minimum absolute atomic E-state index is 0.766. The molecule has 1 heterocycles. The molecule has 0 aromatic rings. The van der Waals surface area contributed by atoms with E-state index >= 15 is 0 Å². The number of terminal acetylenes is 1. The molecule has 1 unspecified atom stereocenters. The maximum absolute atomic E-state index is 5.24. The van der Waals surface area contributed by atoms with Crippen molar-refractivity contribution < 1.29 is 0 Å². The summed E-state index contributed by atoms with van der Waals surface area (Å²) in [5.41, 5.74) is 0. The Hall–Kier alpha value is -0.520. The molecule has 2 heteroatoms. The van der Waals surface area contributed by atoms with Gasteiger partial charge >= 0.3 is 0 Å². The number of hydrogen-bond donors (Lipinski definition) is 1. The van der Waals surface area contributed by atoms with Crippen molar-refractivity contribution in [3.05, 3.63) is 0 Å². The molecule has 0 spiro atoms. The van der Waals surface area contributed by atoms with Gasteiger partial charge in [-0.1, -0.05) is 0 Å².